The molecule has 5 aromatic carbocycles. The lowest BCUT2D eigenvalue weighted by molar-refractivity contribution is -0.120. The number of nitrogens with zero attached hydrogens (tertiary/aromatic N) is 8. The van der Waals surface area contributed by atoms with Crippen molar-refractivity contribution in [2.75, 3.05) is 108 Å². The van der Waals surface area contributed by atoms with E-state index in [1.54, 1.807) is 11.0 Å². The second kappa shape index (κ2) is 30.5. The molecule has 10 rings (SSSR count). The Morgan fingerprint density at radius 2 is 1.58 bits per heavy atom. The molecule has 3 fully saturated rings. The van der Waals surface area contributed by atoms with E-state index >= 15 is 8.78 Å². The molecule has 19 nitrogen and oxygen atoms in total. The summed E-state index contributed by atoms with van der Waals surface area (Å²) in [6.45, 7) is 16.8. The van der Waals surface area contributed by atoms with E-state index in [1.807, 2.05) is 54.7 Å². The van der Waals surface area contributed by atoms with Crippen LogP contribution in [0.15, 0.2) is 97.1 Å². The van der Waals surface area contributed by atoms with Crippen molar-refractivity contribution in [2.45, 2.75) is 115 Å². The third kappa shape index (κ3) is 16.3. The molecule has 2 N–H and O–H groups in total. The Hall–Kier alpha value is -7.89. The highest BCUT2D eigenvalue weighted by molar-refractivity contribution is 6.31. The SMILES string of the molecule is COc1cc(C(=O)NCCOCCOCCO[C@@H]2C[C@@H](COc3nc4c(c(N5CCN(C(=O)OC(C)(C)C)[C@@H](CC#N)C5)n3)CCN(c3cccc5ccccc35)C4)N(C)C2)ccc1NC(=O)[C@@H]1C[C@@H](CC(C)(C)C)[C@](C#N)(c2ccc(Cl)cc2F)[C@H]1c1cccc(Cl)c1F. The Balaban J connectivity index is 0.686. The van der Waals surface area contributed by atoms with E-state index in [-0.39, 0.29) is 94.3 Å². The van der Waals surface area contributed by atoms with Gasteiger partial charge in [-0.1, -0.05) is 98.6 Å². The van der Waals surface area contributed by atoms with E-state index in [0.717, 1.165) is 47.2 Å². The molecule has 95 heavy (non-hydrogen) atoms. The average molecular weight is 1340 g/mol. The van der Waals surface area contributed by atoms with E-state index in [4.69, 9.17) is 61.6 Å². The van der Waals surface area contributed by atoms with E-state index in [9.17, 15) is 24.9 Å². The molecule has 4 aliphatic rings. The van der Waals surface area contributed by atoms with Crippen LogP contribution in [-0.4, -0.2) is 155 Å². The highest BCUT2D eigenvalue weighted by atomic mass is 35.5. The standard InChI is InChI=1S/C72H84Cl2F2N10O9/c1-70(2,3)39-47-36-55(63(54-16-12-17-57(74)64(54)76)72(47,44-78)56-21-20-48(73)37-58(56)75)67(88)80-59-22-19-46(35-62(59)90-8)66(87)79-26-30-91-31-32-92-33-34-93-51-38-50(83(7)41-51)43-94-68-81-60-42-84(61-18-11-14-45-13-9-10-15-52(45)61)27-24-53(60)65(82-68)85-28-29-86(49(40-85)23-25-77)69(89)95-71(4,5)6/h9-22,35,37,47,49-51,55,63H,23-24,26-34,36,38-43H2,1-8H3,(H,79,87)(H,80,88)/t47-,49-,50-,51+,55+,63-,72+/m0/s1. The van der Waals surface area contributed by atoms with Crippen LogP contribution in [0.5, 0.6) is 11.8 Å². The molecule has 1 aromatic heterocycles. The minimum Gasteiger partial charge on any atom is -0.495 e. The number of hydrogen-bond acceptors (Lipinski definition) is 16. The molecule has 1 saturated carbocycles. The zero-order chi connectivity index (χ0) is 67.8. The van der Waals surface area contributed by atoms with Gasteiger partial charge in [-0.15, -0.1) is 0 Å². The molecule has 0 spiro atoms. The normalized spacial score (nSPS) is 21.4. The smallest absolute Gasteiger partial charge is 0.410 e. The third-order valence-corrected chi connectivity index (χ3v) is 18.8. The largest absolute Gasteiger partial charge is 0.495 e. The molecule has 0 unspecified atom stereocenters. The van der Waals surface area contributed by atoms with E-state index in [1.165, 1.54) is 55.0 Å². The Morgan fingerprint density at radius 1 is 0.821 bits per heavy atom. The summed E-state index contributed by atoms with van der Waals surface area (Å²) in [4.78, 5) is 60.0. The first kappa shape index (κ1) is 69.9. The number of amides is 3. The maximum Gasteiger partial charge on any atom is 0.410 e. The van der Waals surface area contributed by atoms with Crippen molar-refractivity contribution in [2.24, 2.45) is 17.3 Å². The predicted molar refractivity (Wildman–Crippen MR) is 360 cm³/mol. The molecule has 2 saturated heterocycles. The van der Waals surface area contributed by atoms with Gasteiger partial charge in [-0.3, -0.25) is 14.5 Å². The van der Waals surface area contributed by atoms with Crippen molar-refractivity contribution >= 4 is 69.1 Å². The van der Waals surface area contributed by atoms with Gasteiger partial charge in [-0.25, -0.2) is 13.6 Å². The molecule has 504 valence electrons. The minimum absolute atomic E-state index is 0.0118. The number of nitrogens with one attached hydrogen (secondary N) is 2. The summed E-state index contributed by atoms with van der Waals surface area (Å²) < 4.78 is 68.3. The quantitative estimate of drug-likeness (QED) is 0.0570. The number of hydrogen-bond donors (Lipinski definition) is 2. The number of rotatable bonds is 23. The molecule has 7 atom stereocenters. The van der Waals surface area contributed by atoms with Gasteiger partial charge >= 0.3 is 12.1 Å². The maximum absolute atomic E-state index is 16.3. The van der Waals surface area contributed by atoms with Gasteiger partial charge < -0.3 is 53.8 Å². The second-order valence-electron chi connectivity index (χ2n) is 27.1. The summed E-state index contributed by atoms with van der Waals surface area (Å²) in [7, 11) is 3.45. The van der Waals surface area contributed by atoms with Gasteiger partial charge in [0.2, 0.25) is 5.91 Å². The van der Waals surface area contributed by atoms with Crippen LogP contribution in [0.2, 0.25) is 10.0 Å². The zero-order valence-corrected chi connectivity index (χ0v) is 56.7. The van der Waals surface area contributed by atoms with E-state index < -0.39 is 64.4 Å². The number of benzene rings is 5. The number of ether oxygens (including phenoxy) is 6. The number of aromatic nitrogens is 2. The lowest BCUT2D eigenvalue weighted by Crippen LogP contribution is -2.56. The summed E-state index contributed by atoms with van der Waals surface area (Å²) in [5.74, 6) is -4.40. The lowest BCUT2D eigenvalue weighted by atomic mass is 9.62. The number of piperazine rings is 1. The van der Waals surface area contributed by atoms with Crippen molar-refractivity contribution in [3.63, 3.8) is 0 Å². The van der Waals surface area contributed by atoms with Crippen LogP contribution in [0.1, 0.15) is 106 Å². The lowest BCUT2D eigenvalue weighted by Gasteiger charge is -2.42. The number of likely N-dealkylation sites (N-methyl/N-ethyl adjacent to an activating group) is 1. The summed E-state index contributed by atoms with van der Waals surface area (Å²) in [6, 6.07) is 32.4. The number of methoxy groups -OCH3 is 1. The number of halogens is 4. The minimum atomic E-state index is -1.72. The van der Waals surface area contributed by atoms with Crippen molar-refractivity contribution in [1.29, 1.82) is 10.5 Å². The summed E-state index contributed by atoms with van der Waals surface area (Å²) >= 11 is 12.6. The van der Waals surface area contributed by atoms with Crippen molar-refractivity contribution in [3.05, 3.63) is 147 Å². The van der Waals surface area contributed by atoms with Crippen molar-refractivity contribution < 1.29 is 51.6 Å². The van der Waals surface area contributed by atoms with Crippen molar-refractivity contribution in [3.8, 4) is 23.9 Å². The molecular formula is C72H84Cl2F2N10O9. The first-order valence-electron chi connectivity index (χ1n) is 32.4. The fourth-order valence-electron chi connectivity index (χ4n) is 14.0. The molecule has 0 radical (unpaired) electrons. The fourth-order valence-corrected chi connectivity index (χ4v) is 14.3. The number of nitriles is 2. The van der Waals surface area contributed by atoms with Gasteiger partial charge in [0.25, 0.3) is 5.91 Å². The Bertz CT molecular complexity index is 3830. The molecule has 3 amide bonds. The number of carbonyl (C=O) groups excluding carboxylic acids is 3. The molecule has 0 bridgehead atoms. The van der Waals surface area contributed by atoms with Gasteiger partial charge in [-0.05, 0) is 118 Å². The maximum atomic E-state index is 16.3. The van der Waals surface area contributed by atoms with Crippen LogP contribution in [-0.2, 0) is 42.1 Å². The van der Waals surface area contributed by atoms with Gasteiger partial charge in [0.15, 0.2) is 0 Å². The number of likely N-dealkylation sites (tertiary alicyclic amines) is 1. The molecule has 23 heteroatoms. The monoisotopic (exact) mass is 1340 g/mol. The molecule has 1 aliphatic carbocycles. The second-order valence-corrected chi connectivity index (χ2v) is 28.0. The Kier molecular flexibility index (Phi) is 22.4. The van der Waals surface area contributed by atoms with Gasteiger partial charge in [0, 0.05) is 89.9 Å². The van der Waals surface area contributed by atoms with Crippen LogP contribution in [0.25, 0.3) is 10.8 Å². The predicted octanol–water partition coefficient (Wildman–Crippen LogP) is 12.3. The van der Waals surface area contributed by atoms with Crippen LogP contribution in [0, 0.1) is 51.5 Å². The Morgan fingerprint density at radius 3 is 2.33 bits per heavy atom. The van der Waals surface area contributed by atoms with Crippen LogP contribution in [0.3, 0.4) is 0 Å². The highest BCUT2D eigenvalue weighted by Gasteiger charge is 2.61. The van der Waals surface area contributed by atoms with Crippen molar-refractivity contribution in [1.82, 2.24) is 25.1 Å². The van der Waals surface area contributed by atoms with Crippen LogP contribution >= 0.6 is 23.2 Å². The number of carbonyl (C=O) groups is 3. The van der Waals surface area contributed by atoms with Gasteiger partial charge in [0.1, 0.15) is 35.4 Å². The highest BCUT2D eigenvalue weighted by Crippen LogP contribution is 2.61. The van der Waals surface area contributed by atoms with Gasteiger partial charge in [-0.2, -0.15) is 20.5 Å². The van der Waals surface area contributed by atoms with E-state index in [2.05, 4.69) is 73.9 Å². The van der Waals surface area contributed by atoms with Crippen LogP contribution in [0.4, 0.5) is 30.8 Å². The van der Waals surface area contributed by atoms with Crippen LogP contribution < -0.4 is 29.9 Å². The Labute approximate surface area is 564 Å². The number of fused-ring (bicyclic) bond motifs is 2. The molecular weight excluding hydrogens is 1260 g/mol. The summed E-state index contributed by atoms with van der Waals surface area (Å²) in [5, 5.41) is 29.2. The fraction of sp³-hybridized carbons (Fsp3) is 0.486. The van der Waals surface area contributed by atoms with E-state index in [0.29, 0.717) is 72.0 Å². The first-order chi connectivity index (χ1) is 45.5. The number of anilines is 3. The zero-order valence-electron chi connectivity index (χ0n) is 55.2. The summed E-state index contributed by atoms with van der Waals surface area (Å²) in [6.07, 6.45) is 1.59. The molecule has 6 aromatic rings. The third-order valence-electron chi connectivity index (χ3n) is 18.3. The van der Waals surface area contributed by atoms with Gasteiger partial charge in [0.05, 0.1) is 99.2 Å². The average Bonchev–Trinajstić information content (AvgIpc) is 1.59. The summed E-state index contributed by atoms with van der Waals surface area (Å²) in [5.41, 5.74) is 0.783. The molecule has 3 aliphatic heterocycles. The topological polar surface area (TPSA) is 217 Å². The molecule has 4 heterocycles. The first-order valence-corrected chi connectivity index (χ1v) is 33.2.